The highest BCUT2D eigenvalue weighted by molar-refractivity contribution is 7.84. The van der Waals surface area contributed by atoms with Gasteiger partial charge in [0.15, 0.2) is 0 Å². The SMILES string of the molecule is C[S@@](=O)c1cnc(N2CC3C(C2)C3c2ccc(Cl)cc2)nc1NC1(CO)CCC1. The van der Waals surface area contributed by atoms with Crippen molar-refractivity contribution in [1.82, 2.24) is 9.97 Å². The van der Waals surface area contributed by atoms with Gasteiger partial charge in [-0.15, -0.1) is 0 Å². The highest BCUT2D eigenvalue weighted by atomic mass is 35.5. The molecule has 2 saturated carbocycles. The van der Waals surface area contributed by atoms with Gasteiger partial charge in [-0.1, -0.05) is 23.7 Å². The maximum Gasteiger partial charge on any atom is 0.227 e. The van der Waals surface area contributed by atoms with Gasteiger partial charge in [0, 0.05) is 24.4 Å². The number of aliphatic hydroxyl groups is 1. The van der Waals surface area contributed by atoms with Crippen LogP contribution in [0.2, 0.25) is 5.02 Å². The molecule has 3 atom stereocenters. The second-order valence-electron chi connectivity index (χ2n) is 8.56. The molecule has 3 fully saturated rings. The molecule has 3 aliphatic rings. The average Bonchev–Trinajstić information content (AvgIpc) is 3.17. The zero-order chi connectivity index (χ0) is 20.2. The number of halogens is 1. The van der Waals surface area contributed by atoms with Gasteiger partial charge in [0.25, 0.3) is 0 Å². The first-order valence-electron chi connectivity index (χ1n) is 10.1. The Hall–Kier alpha value is -1.70. The normalized spacial score (nSPS) is 27.8. The van der Waals surface area contributed by atoms with Crippen molar-refractivity contribution in [2.24, 2.45) is 11.8 Å². The van der Waals surface area contributed by atoms with Crippen LogP contribution in [0.15, 0.2) is 35.4 Å². The van der Waals surface area contributed by atoms with E-state index in [1.807, 2.05) is 12.1 Å². The maximum absolute atomic E-state index is 12.2. The fourth-order valence-corrected chi connectivity index (χ4v) is 5.56. The second-order valence-corrected chi connectivity index (χ2v) is 10.3. The number of nitrogens with one attached hydrogen (secondary N) is 1. The van der Waals surface area contributed by atoms with E-state index in [0.717, 1.165) is 37.4 Å². The molecule has 2 aliphatic carbocycles. The van der Waals surface area contributed by atoms with Crippen LogP contribution in [0.1, 0.15) is 30.7 Å². The molecule has 0 bridgehead atoms. The third-order valence-corrected chi connectivity index (χ3v) is 7.95. The van der Waals surface area contributed by atoms with E-state index in [0.29, 0.717) is 34.4 Å². The molecule has 1 saturated heterocycles. The first-order chi connectivity index (χ1) is 14.0. The fraction of sp³-hybridized carbons (Fsp3) is 0.524. The van der Waals surface area contributed by atoms with Crippen LogP contribution in [-0.2, 0) is 10.8 Å². The van der Waals surface area contributed by atoms with Gasteiger partial charge < -0.3 is 15.3 Å². The summed E-state index contributed by atoms with van der Waals surface area (Å²) in [5.74, 6) is 3.10. The molecule has 5 rings (SSSR count). The molecule has 154 valence electrons. The molecule has 8 heteroatoms. The van der Waals surface area contributed by atoms with E-state index < -0.39 is 10.8 Å². The van der Waals surface area contributed by atoms with E-state index in [4.69, 9.17) is 16.6 Å². The predicted octanol–water partition coefficient (Wildman–Crippen LogP) is 3.04. The van der Waals surface area contributed by atoms with Gasteiger partial charge in [-0.2, -0.15) is 4.98 Å². The monoisotopic (exact) mass is 432 g/mol. The molecule has 29 heavy (non-hydrogen) atoms. The molecule has 1 aromatic heterocycles. The molecule has 1 aliphatic heterocycles. The standard InChI is InChI=1S/C21H25ClN4O2S/c1-29(28)17-9-23-20(24-19(17)25-21(12-27)7-2-8-21)26-10-15-16(11-26)18(15)13-3-5-14(22)6-4-13/h3-6,9,15-16,18,27H,2,7-8,10-12H2,1H3,(H,23,24,25)/t15?,16?,18?,29-/m1/s1. The van der Waals surface area contributed by atoms with Crippen molar-refractivity contribution in [1.29, 1.82) is 0 Å². The van der Waals surface area contributed by atoms with Crippen molar-refractivity contribution in [3.05, 3.63) is 41.0 Å². The molecule has 2 unspecified atom stereocenters. The van der Waals surface area contributed by atoms with Crippen LogP contribution < -0.4 is 10.2 Å². The zero-order valence-electron chi connectivity index (χ0n) is 16.3. The second kappa shape index (κ2) is 7.22. The third kappa shape index (κ3) is 3.43. The van der Waals surface area contributed by atoms with Crippen LogP contribution in [0.4, 0.5) is 11.8 Å². The van der Waals surface area contributed by atoms with Crippen molar-refractivity contribution >= 4 is 34.2 Å². The topological polar surface area (TPSA) is 78.4 Å². The summed E-state index contributed by atoms with van der Waals surface area (Å²) in [6.45, 7) is 1.91. The summed E-state index contributed by atoms with van der Waals surface area (Å²) in [6, 6.07) is 8.19. The van der Waals surface area contributed by atoms with Crippen LogP contribution in [0.5, 0.6) is 0 Å². The number of hydrogen-bond acceptors (Lipinski definition) is 6. The van der Waals surface area contributed by atoms with E-state index in [1.165, 1.54) is 5.56 Å². The van der Waals surface area contributed by atoms with E-state index in [9.17, 15) is 9.32 Å². The Balaban J connectivity index is 1.33. The number of rotatable bonds is 6. The van der Waals surface area contributed by atoms with Crippen LogP contribution in [0, 0.1) is 11.8 Å². The summed E-state index contributed by atoms with van der Waals surface area (Å²) in [6.07, 6.45) is 6.19. The van der Waals surface area contributed by atoms with Crippen molar-refractivity contribution in [3.8, 4) is 0 Å². The van der Waals surface area contributed by atoms with E-state index in [1.54, 1.807) is 12.5 Å². The minimum atomic E-state index is -1.19. The minimum Gasteiger partial charge on any atom is -0.394 e. The number of piperidine rings is 1. The average molecular weight is 433 g/mol. The molecular formula is C21H25ClN4O2S. The number of aromatic nitrogens is 2. The summed E-state index contributed by atoms with van der Waals surface area (Å²) in [4.78, 5) is 12.1. The van der Waals surface area contributed by atoms with Gasteiger partial charge in [-0.05, 0) is 54.7 Å². The van der Waals surface area contributed by atoms with Crippen molar-refractivity contribution in [3.63, 3.8) is 0 Å². The summed E-state index contributed by atoms with van der Waals surface area (Å²) < 4.78 is 12.2. The largest absolute Gasteiger partial charge is 0.394 e. The maximum atomic E-state index is 12.2. The Morgan fingerprint density at radius 3 is 2.52 bits per heavy atom. The number of anilines is 2. The molecule has 0 spiro atoms. The highest BCUT2D eigenvalue weighted by Gasteiger charge is 2.56. The third-order valence-electron chi connectivity index (χ3n) is 6.78. The lowest BCUT2D eigenvalue weighted by Gasteiger charge is -2.41. The van der Waals surface area contributed by atoms with E-state index in [-0.39, 0.29) is 12.1 Å². The van der Waals surface area contributed by atoms with E-state index in [2.05, 4.69) is 27.3 Å². The van der Waals surface area contributed by atoms with Crippen LogP contribution in [0.3, 0.4) is 0 Å². The fourth-order valence-electron chi connectivity index (χ4n) is 4.86. The lowest BCUT2D eigenvalue weighted by molar-refractivity contribution is 0.143. The number of fused-ring (bicyclic) bond motifs is 1. The number of hydrogen-bond donors (Lipinski definition) is 2. The Morgan fingerprint density at radius 1 is 1.28 bits per heavy atom. The predicted molar refractivity (Wildman–Crippen MR) is 115 cm³/mol. The zero-order valence-corrected chi connectivity index (χ0v) is 17.9. The Bertz CT molecular complexity index is 933. The number of aliphatic hydroxyl groups excluding tert-OH is 1. The summed E-state index contributed by atoms with van der Waals surface area (Å²) in [5.41, 5.74) is 1.02. The van der Waals surface area contributed by atoms with Crippen molar-refractivity contribution in [2.45, 2.75) is 35.6 Å². The highest BCUT2D eigenvalue weighted by Crippen LogP contribution is 2.58. The first kappa shape index (κ1) is 19.3. The van der Waals surface area contributed by atoms with Crippen LogP contribution in [0.25, 0.3) is 0 Å². The Labute approximate surface area is 178 Å². The summed E-state index contributed by atoms with van der Waals surface area (Å²) >= 11 is 6.01. The lowest BCUT2D eigenvalue weighted by Crippen LogP contribution is -2.48. The molecule has 2 heterocycles. The molecule has 2 aromatic rings. The van der Waals surface area contributed by atoms with Crippen molar-refractivity contribution in [2.75, 3.05) is 36.2 Å². The number of nitrogens with zero attached hydrogens (tertiary/aromatic N) is 3. The minimum absolute atomic E-state index is 0.0543. The Morgan fingerprint density at radius 2 is 1.97 bits per heavy atom. The summed E-state index contributed by atoms with van der Waals surface area (Å²) in [5, 5.41) is 14.0. The van der Waals surface area contributed by atoms with Gasteiger partial charge in [0.2, 0.25) is 5.95 Å². The van der Waals surface area contributed by atoms with Crippen molar-refractivity contribution < 1.29 is 9.32 Å². The van der Waals surface area contributed by atoms with Crippen LogP contribution >= 0.6 is 11.6 Å². The van der Waals surface area contributed by atoms with Gasteiger partial charge in [0.1, 0.15) is 5.82 Å². The smallest absolute Gasteiger partial charge is 0.227 e. The van der Waals surface area contributed by atoms with Crippen LogP contribution in [-0.4, -0.2) is 50.8 Å². The quantitative estimate of drug-likeness (QED) is 0.730. The molecule has 0 radical (unpaired) electrons. The van der Waals surface area contributed by atoms with Gasteiger partial charge in [-0.25, -0.2) is 4.98 Å². The van der Waals surface area contributed by atoms with Gasteiger partial charge in [-0.3, -0.25) is 4.21 Å². The molecule has 2 N–H and O–H groups in total. The lowest BCUT2D eigenvalue weighted by atomic mass is 9.77. The molecule has 0 amide bonds. The van der Waals surface area contributed by atoms with Gasteiger partial charge >= 0.3 is 0 Å². The molecule has 1 aromatic carbocycles. The van der Waals surface area contributed by atoms with E-state index >= 15 is 0 Å². The van der Waals surface area contributed by atoms with Gasteiger partial charge in [0.05, 0.1) is 34.0 Å². The first-order valence-corrected chi connectivity index (χ1v) is 12.0. The molecular weight excluding hydrogens is 408 g/mol. The molecule has 6 nitrogen and oxygen atoms in total. The Kier molecular flexibility index (Phi) is 4.80. The summed E-state index contributed by atoms with van der Waals surface area (Å²) in [7, 11) is -1.19. The number of benzene rings is 1.